The van der Waals surface area contributed by atoms with E-state index in [1.54, 1.807) is 12.1 Å². The van der Waals surface area contributed by atoms with Crippen LogP contribution in [0.5, 0.6) is 0 Å². The fraction of sp³-hybridized carbons (Fsp3) is 0.263. The van der Waals surface area contributed by atoms with Crippen molar-refractivity contribution in [3.63, 3.8) is 0 Å². The van der Waals surface area contributed by atoms with Crippen molar-refractivity contribution in [2.75, 3.05) is 17.9 Å². The molecule has 0 radical (unpaired) electrons. The highest BCUT2D eigenvalue weighted by Gasteiger charge is 2.22. The number of nitrogens with one attached hydrogen (secondary N) is 2. The van der Waals surface area contributed by atoms with E-state index in [1.165, 1.54) is 12.1 Å². The molecule has 1 aliphatic heterocycles. The van der Waals surface area contributed by atoms with Crippen molar-refractivity contribution in [1.29, 1.82) is 0 Å². The summed E-state index contributed by atoms with van der Waals surface area (Å²) >= 11 is 0. The molecule has 2 aromatic carbocycles. The molecular weight excluding hydrogens is 403 g/mol. The molecule has 0 aliphatic carbocycles. The topological polar surface area (TPSA) is 122 Å². The van der Waals surface area contributed by atoms with Crippen molar-refractivity contribution in [1.82, 2.24) is 5.32 Å². The highest BCUT2D eigenvalue weighted by atomic mass is 32.2. The number of carbonyl (C=O) groups is 2. The summed E-state index contributed by atoms with van der Waals surface area (Å²) < 4.78 is 46.6. The number of carboxylic acid groups (broad SMARTS) is 1. The Morgan fingerprint density at radius 2 is 1.93 bits per heavy atom. The van der Waals surface area contributed by atoms with Crippen molar-refractivity contribution in [2.24, 2.45) is 0 Å². The standard InChI is InChI=1S/C19H19FN2O6S/c20-16-8-7-13(10-15(16)19(24)25)29(26,27)22-17-6-2-1-5-14(17)18(23)21-11-12-4-3-9-28-12/h1-2,5-8,10,12,22H,3-4,9,11H2,(H,21,23)(H,24,25). The Morgan fingerprint density at radius 1 is 1.17 bits per heavy atom. The molecule has 1 unspecified atom stereocenters. The molecule has 1 heterocycles. The average Bonchev–Trinajstić information content (AvgIpc) is 3.20. The molecule has 10 heteroatoms. The molecule has 8 nitrogen and oxygen atoms in total. The fourth-order valence-corrected chi connectivity index (χ4v) is 4.02. The Morgan fingerprint density at radius 3 is 2.62 bits per heavy atom. The SMILES string of the molecule is O=C(O)c1cc(S(=O)(=O)Nc2ccccc2C(=O)NCC2CCCO2)ccc1F. The van der Waals surface area contributed by atoms with Crippen LogP contribution in [-0.2, 0) is 14.8 Å². The van der Waals surface area contributed by atoms with Crippen molar-refractivity contribution in [3.05, 3.63) is 59.4 Å². The first-order chi connectivity index (χ1) is 13.8. The van der Waals surface area contributed by atoms with Crippen LogP contribution in [0, 0.1) is 5.82 Å². The normalized spacial score (nSPS) is 16.4. The molecule has 1 saturated heterocycles. The quantitative estimate of drug-likeness (QED) is 0.629. The van der Waals surface area contributed by atoms with Gasteiger partial charge >= 0.3 is 5.97 Å². The fourth-order valence-electron chi connectivity index (χ4n) is 2.92. The van der Waals surface area contributed by atoms with Crippen molar-refractivity contribution < 1.29 is 32.2 Å². The van der Waals surface area contributed by atoms with E-state index in [4.69, 9.17) is 9.84 Å². The molecule has 29 heavy (non-hydrogen) atoms. The Labute approximate surface area is 166 Å². The zero-order valence-corrected chi connectivity index (χ0v) is 16.0. The van der Waals surface area contributed by atoms with E-state index >= 15 is 0 Å². The van der Waals surface area contributed by atoms with Gasteiger partial charge in [-0.05, 0) is 43.2 Å². The van der Waals surface area contributed by atoms with E-state index in [0.29, 0.717) is 13.2 Å². The van der Waals surface area contributed by atoms with Gasteiger partial charge in [0.15, 0.2) is 0 Å². The van der Waals surface area contributed by atoms with Crippen LogP contribution in [0.3, 0.4) is 0 Å². The molecule has 0 saturated carbocycles. The lowest BCUT2D eigenvalue weighted by atomic mass is 10.1. The number of ether oxygens (including phenoxy) is 1. The Bertz CT molecular complexity index is 1030. The number of hydrogen-bond acceptors (Lipinski definition) is 5. The van der Waals surface area contributed by atoms with Gasteiger partial charge in [-0.1, -0.05) is 12.1 Å². The monoisotopic (exact) mass is 422 g/mol. The van der Waals surface area contributed by atoms with Crippen LogP contribution < -0.4 is 10.0 Å². The van der Waals surface area contributed by atoms with Gasteiger partial charge in [-0.3, -0.25) is 9.52 Å². The zero-order chi connectivity index (χ0) is 21.0. The zero-order valence-electron chi connectivity index (χ0n) is 15.2. The molecule has 1 fully saturated rings. The molecule has 1 amide bonds. The number of para-hydroxylation sites is 1. The first kappa shape index (κ1) is 20.7. The summed E-state index contributed by atoms with van der Waals surface area (Å²) in [5, 5.41) is 11.7. The molecule has 2 aromatic rings. The molecule has 3 rings (SSSR count). The Hall–Kier alpha value is -2.98. The third-order valence-corrected chi connectivity index (χ3v) is 5.77. The van der Waals surface area contributed by atoms with Gasteiger partial charge in [0.25, 0.3) is 15.9 Å². The van der Waals surface area contributed by atoms with Gasteiger partial charge in [0.2, 0.25) is 0 Å². The lowest BCUT2D eigenvalue weighted by molar-refractivity contribution is 0.0691. The van der Waals surface area contributed by atoms with Crippen LogP contribution in [0.15, 0.2) is 47.4 Å². The number of carbonyl (C=O) groups excluding carboxylic acids is 1. The first-order valence-electron chi connectivity index (χ1n) is 8.82. The maximum absolute atomic E-state index is 13.6. The number of sulfonamides is 1. The summed E-state index contributed by atoms with van der Waals surface area (Å²) in [6.45, 7) is 0.951. The maximum atomic E-state index is 13.6. The Balaban J connectivity index is 1.81. The predicted octanol–water partition coefficient (Wildman–Crippen LogP) is 2.23. The van der Waals surface area contributed by atoms with E-state index in [2.05, 4.69) is 10.0 Å². The predicted molar refractivity (Wildman–Crippen MR) is 102 cm³/mol. The average molecular weight is 422 g/mol. The Kier molecular flexibility index (Phi) is 6.14. The van der Waals surface area contributed by atoms with E-state index in [9.17, 15) is 22.4 Å². The molecule has 0 aromatic heterocycles. The van der Waals surface area contributed by atoms with Crippen LogP contribution in [-0.4, -0.2) is 44.7 Å². The summed E-state index contributed by atoms with van der Waals surface area (Å²) in [7, 11) is -4.26. The third-order valence-electron chi connectivity index (χ3n) is 4.41. The van der Waals surface area contributed by atoms with Crippen LogP contribution in [0.4, 0.5) is 10.1 Å². The minimum Gasteiger partial charge on any atom is -0.478 e. The highest BCUT2D eigenvalue weighted by molar-refractivity contribution is 7.92. The summed E-state index contributed by atoms with van der Waals surface area (Å²) in [6, 6.07) is 8.42. The van der Waals surface area contributed by atoms with Crippen LogP contribution in [0.25, 0.3) is 0 Å². The number of aromatic carboxylic acids is 1. The minimum atomic E-state index is -4.26. The molecule has 154 valence electrons. The molecule has 3 N–H and O–H groups in total. The largest absolute Gasteiger partial charge is 0.478 e. The summed E-state index contributed by atoms with van der Waals surface area (Å²) in [5.74, 6) is -3.12. The van der Waals surface area contributed by atoms with E-state index < -0.39 is 38.2 Å². The summed E-state index contributed by atoms with van der Waals surface area (Å²) in [4.78, 5) is 23.1. The van der Waals surface area contributed by atoms with Crippen molar-refractivity contribution in [2.45, 2.75) is 23.8 Å². The number of rotatable bonds is 7. The second kappa shape index (κ2) is 8.58. The van der Waals surface area contributed by atoms with Gasteiger partial charge in [-0.25, -0.2) is 17.6 Å². The molecular formula is C19H19FN2O6S. The van der Waals surface area contributed by atoms with E-state index in [1.807, 2.05) is 0 Å². The number of carboxylic acids is 1. The lowest BCUT2D eigenvalue weighted by Gasteiger charge is -2.14. The highest BCUT2D eigenvalue weighted by Crippen LogP contribution is 2.22. The number of halogens is 1. The van der Waals surface area contributed by atoms with Crippen LogP contribution >= 0.6 is 0 Å². The number of amides is 1. The van der Waals surface area contributed by atoms with Crippen molar-refractivity contribution in [3.8, 4) is 0 Å². The summed E-state index contributed by atoms with van der Waals surface area (Å²) in [5.41, 5.74) is -0.663. The maximum Gasteiger partial charge on any atom is 0.338 e. The lowest BCUT2D eigenvalue weighted by Crippen LogP contribution is -2.32. The van der Waals surface area contributed by atoms with Crippen molar-refractivity contribution >= 4 is 27.6 Å². The van der Waals surface area contributed by atoms with Crippen LogP contribution in [0.1, 0.15) is 33.6 Å². The van der Waals surface area contributed by atoms with Gasteiger partial charge in [-0.15, -0.1) is 0 Å². The van der Waals surface area contributed by atoms with Gasteiger partial charge in [0, 0.05) is 13.2 Å². The summed E-state index contributed by atoms with van der Waals surface area (Å²) in [6.07, 6.45) is 1.69. The second-order valence-corrected chi connectivity index (χ2v) is 8.13. The smallest absolute Gasteiger partial charge is 0.338 e. The van der Waals surface area contributed by atoms with Gasteiger partial charge < -0.3 is 15.2 Å². The molecule has 1 atom stereocenters. The minimum absolute atomic E-state index is 0.0125. The number of hydrogen-bond donors (Lipinski definition) is 3. The third kappa shape index (κ3) is 4.90. The van der Waals surface area contributed by atoms with Gasteiger partial charge in [0.1, 0.15) is 5.82 Å². The molecule has 1 aliphatic rings. The molecule has 0 bridgehead atoms. The second-order valence-electron chi connectivity index (χ2n) is 6.44. The van der Waals surface area contributed by atoms with Crippen LogP contribution in [0.2, 0.25) is 0 Å². The van der Waals surface area contributed by atoms with E-state index in [0.717, 1.165) is 31.0 Å². The van der Waals surface area contributed by atoms with E-state index in [-0.39, 0.29) is 17.4 Å². The van der Waals surface area contributed by atoms with Gasteiger partial charge in [-0.2, -0.15) is 0 Å². The molecule has 0 spiro atoms. The number of benzene rings is 2. The van der Waals surface area contributed by atoms with Gasteiger partial charge in [0.05, 0.1) is 27.8 Å². The first-order valence-corrected chi connectivity index (χ1v) is 10.3. The number of anilines is 1.